The number of hydrogen-bond acceptors (Lipinski definition) is 13. The summed E-state index contributed by atoms with van der Waals surface area (Å²) >= 11 is 0. The van der Waals surface area contributed by atoms with Crippen LogP contribution in [-0.4, -0.2) is 156 Å². The van der Waals surface area contributed by atoms with Gasteiger partial charge in [0.2, 0.25) is 0 Å². The molecule has 0 rings (SSSR count). The van der Waals surface area contributed by atoms with Gasteiger partial charge in [-0.25, -0.2) is 0 Å². The van der Waals surface area contributed by atoms with E-state index in [1.807, 2.05) is 0 Å². The molecule has 0 saturated carbocycles. The average molecular weight is 629 g/mol. The molecule has 0 aliphatic rings. The first-order chi connectivity index (χ1) is 19.9. The second kappa shape index (κ2) is 25.1. The van der Waals surface area contributed by atoms with Gasteiger partial charge in [-0.3, -0.25) is 4.74 Å². The highest BCUT2D eigenvalue weighted by atomic mass is 19.3. The topological polar surface area (TPSA) is 164 Å². The summed E-state index contributed by atoms with van der Waals surface area (Å²) in [4.78, 5) is 0. The van der Waals surface area contributed by atoms with E-state index in [1.165, 1.54) is 12.2 Å². The molecule has 250 valence electrons. The largest absolute Gasteiger partial charge is 0.388 e. The predicted octanol–water partition coefficient (Wildman–Crippen LogP) is 0.0945. The van der Waals surface area contributed by atoms with Crippen LogP contribution in [0.3, 0.4) is 0 Å². The Morgan fingerprint density at radius 3 is 1.31 bits per heavy atom. The lowest BCUT2D eigenvalue weighted by Crippen LogP contribution is -2.40. The molecule has 0 radical (unpaired) electrons. The van der Waals surface area contributed by atoms with Gasteiger partial charge in [0.1, 0.15) is 44.4 Å². The fraction of sp³-hybridized carbons (Fsp3) is 0.840. The van der Waals surface area contributed by atoms with Crippen LogP contribution in [0, 0.1) is 0 Å². The number of aliphatic hydroxyl groups excluding tert-OH is 4. The molecule has 0 bridgehead atoms. The summed E-state index contributed by atoms with van der Waals surface area (Å²) in [6.45, 7) is 1.95. The van der Waals surface area contributed by atoms with Gasteiger partial charge in [0.15, 0.2) is 0 Å². The Labute approximate surface area is 242 Å². The maximum atomic E-state index is 13.7. The zero-order valence-corrected chi connectivity index (χ0v) is 23.5. The van der Waals surface area contributed by atoms with Gasteiger partial charge in [-0.05, 0) is 0 Å². The molecule has 0 amide bonds. The van der Waals surface area contributed by atoms with E-state index in [9.17, 15) is 38.0 Å². The molecule has 0 aromatic heterocycles. The van der Waals surface area contributed by atoms with Crippen molar-refractivity contribution in [3.05, 3.63) is 25.3 Å². The van der Waals surface area contributed by atoms with Gasteiger partial charge < -0.3 is 58.3 Å². The van der Waals surface area contributed by atoms with Gasteiger partial charge in [-0.15, -0.1) is 13.2 Å². The molecule has 42 heavy (non-hydrogen) atoms. The highest BCUT2D eigenvalue weighted by molar-refractivity contribution is 4.66. The molecule has 4 unspecified atom stereocenters. The number of ether oxygens (including phenoxy) is 9. The number of hydrogen-bond donors (Lipinski definition) is 4. The van der Waals surface area contributed by atoms with Crippen LogP contribution in [0.25, 0.3) is 0 Å². The van der Waals surface area contributed by atoms with E-state index in [1.54, 1.807) is 0 Å². The Hall–Kier alpha value is -1.32. The maximum Gasteiger partial charge on any atom is 0.383 e. The summed E-state index contributed by atoms with van der Waals surface area (Å²) in [5.41, 5.74) is 0. The van der Waals surface area contributed by atoms with E-state index in [-0.39, 0.29) is 72.7 Å². The minimum Gasteiger partial charge on any atom is -0.388 e. The van der Waals surface area contributed by atoms with Gasteiger partial charge in [-0.2, -0.15) is 17.6 Å². The van der Waals surface area contributed by atoms with Crippen molar-refractivity contribution < 1.29 is 80.6 Å². The van der Waals surface area contributed by atoms with E-state index in [2.05, 4.69) is 27.4 Å². The standard InChI is InChI=1S/C25H44F4O13/c1-3-5-34-9-20(30)12-38-14-22(32)11-36-7-8-37-19-41-18-25(28,29)42-24(26,27)17-40-16-23(33)15-39-13-21(31)10-35-6-4-2/h3-4,20-23,30-33H,1-2,5-19H2. The molecular weight excluding hydrogens is 584 g/mol. The average Bonchev–Trinajstić information content (AvgIpc) is 2.89. The summed E-state index contributed by atoms with van der Waals surface area (Å²) < 4.78 is 97.3. The fourth-order valence-corrected chi connectivity index (χ4v) is 2.65. The zero-order chi connectivity index (χ0) is 31.7. The third kappa shape index (κ3) is 26.3. The van der Waals surface area contributed by atoms with Crippen LogP contribution in [0.15, 0.2) is 25.3 Å². The van der Waals surface area contributed by atoms with Crippen molar-refractivity contribution >= 4 is 0 Å². The molecule has 0 heterocycles. The molecule has 0 aromatic rings. The van der Waals surface area contributed by atoms with Gasteiger partial charge >= 0.3 is 12.2 Å². The number of alkyl halides is 4. The molecule has 0 spiro atoms. The Morgan fingerprint density at radius 2 is 0.857 bits per heavy atom. The number of halogens is 4. The zero-order valence-electron chi connectivity index (χ0n) is 23.5. The van der Waals surface area contributed by atoms with Crippen LogP contribution in [0.2, 0.25) is 0 Å². The van der Waals surface area contributed by atoms with Crippen molar-refractivity contribution in [2.45, 2.75) is 36.6 Å². The van der Waals surface area contributed by atoms with Gasteiger partial charge in [0.25, 0.3) is 0 Å². The van der Waals surface area contributed by atoms with E-state index in [0.717, 1.165) is 0 Å². The molecule has 0 aliphatic heterocycles. The van der Waals surface area contributed by atoms with E-state index < -0.39 is 63.2 Å². The Bertz CT molecular complexity index is 664. The first-order valence-electron chi connectivity index (χ1n) is 12.9. The first kappa shape index (κ1) is 40.7. The Morgan fingerprint density at radius 1 is 0.500 bits per heavy atom. The van der Waals surface area contributed by atoms with Crippen LogP contribution >= 0.6 is 0 Å². The maximum absolute atomic E-state index is 13.7. The lowest BCUT2D eigenvalue weighted by atomic mass is 10.4. The van der Waals surface area contributed by atoms with Crippen molar-refractivity contribution in [3.63, 3.8) is 0 Å². The van der Waals surface area contributed by atoms with Crippen molar-refractivity contribution in [2.24, 2.45) is 0 Å². The second-order valence-electron chi connectivity index (χ2n) is 8.68. The first-order valence-corrected chi connectivity index (χ1v) is 12.9. The quantitative estimate of drug-likeness (QED) is 0.0354. The molecular formula is C25H44F4O13. The van der Waals surface area contributed by atoms with Crippen molar-refractivity contribution in [2.75, 3.05) is 99.3 Å². The highest BCUT2D eigenvalue weighted by Gasteiger charge is 2.44. The minimum absolute atomic E-state index is 0.0373. The second-order valence-corrected chi connectivity index (χ2v) is 8.68. The molecule has 13 nitrogen and oxygen atoms in total. The van der Waals surface area contributed by atoms with Crippen LogP contribution < -0.4 is 0 Å². The van der Waals surface area contributed by atoms with Crippen LogP contribution in [0.5, 0.6) is 0 Å². The molecule has 0 aromatic carbocycles. The summed E-state index contributed by atoms with van der Waals surface area (Å²) in [6, 6.07) is 0. The van der Waals surface area contributed by atoms with Gasteiger partial charge in [0.05, 0.1) is 79.3 Å². The normalized spacial score (nSPS) is 15.3. The molecule has 17 heteroatoms. The molecule has 4 N–H and O–H groups in total. The van der Waals surface area contributed by atoms with Crippen LogP contribution in [0.1, 0.15) is 0 Å². The predicted molar refractivity (Wildman–Crippen MR) is 137 cm³/mol. The molecule has 0 fully saturated rings. The number of aliphatic hydroxyl groups is 4. The highest BCUT2D eigenvalue weighted by Crippen LogP contribution is 2.27. The Kier molecular flexibility index (Phi) is 24.3. The minimum atomic E-state index is -4.40. The summed E-state index contributed by atoms with van der Waals surface area (Å²) in [5.74, 6) is 0. The van der Waals surface area contributed by atoms with Crippen LogP contribution in [0.4, 0.5) is 17.6 Å². The van der Waals surface area contributed by atoms with Crippen molar-refractivity contribution in [1.29, 1.82) is 0 Å². The molecule has 0 saturated heterocycles. The third-order valence-electron chi connectivity index (χ3n) is 4.33. The smallest absolute Gasteiger partial charge is 0.383 e. The lowest BCUT2D eigenvalue weighted by molar-refractivity contribution is -0.396. The fourth-order valence-electron chi connectivity index (χ4n) is 2.65. The Balaban J connectivity index is 3.85. The third-order valence-corrected chi connectivity index (χ3v) is 4.33. The molecule has 0 aliphatic carbocycles. The molecule has 4 atom stereocenters. The van der Waals surface area contributed by atoms with E-state index in [0.29, 0.717) is 0 Å². The monoisotopic (exact) mass is 628 g/mol. The van der Waals surface area contributed by atoms with Crippen LogP contribution in [-0.2, 0) is 42.6 Å². The summed E-state index contributed by atoms with van der Waals surface area (Å²) in [7, 11) is 0. The van der Waals surface area contributed by atoms with E-state index in [4.69, 9.17) is 28.4 Å². The SMILES string of the molecule is C=CCOCC(O)COCC(O)COCCOCOCC(F)(F)OC(F)(F)COCC(O)COCC(O)COCC=C. The van der Waals surface area contributed by atoms with E-state index >= 15 is 0 Å². The van der Waals surface area contributed by atoms with Crippen molar-refractivity contribution in [1.82, 2.24) is 0 Å². The van der Waals surface area contributed by atoms with Gasteiger partial charge in [-0.1, -0.05) is 12.2 Å². The lowest BCUT2D eigenvalue weighted by Gasteiger charge is -2.24. The summed E-state index contributed by atoms with van der Waals surface area (Å²) in [5, 5.41) is 38.5. The van der Waals surface area contributed by atoms with Crippen molar-refractivity contribution in [3.8, 4) is 0 Å². The number of rotatable bonds is 31. The summed E-state index contributed by atoms with van der Waals surface area (Å²) in [6.07, 6.45) is -9.97. The van der Waals surface area contributed by atoms with Gasteiger partial charge in [0, 0.05) is 0 Å².